The van der Waals surface area contributed by atoms with Crippen LogP contribution in [0, 0.1) is 0 Å². The molecule has 25 heavy (non-hydrogen) atoms. The molecule has 1 aliphatic rings. The molecule has 4 aromatic rings. The Morgan fingerprint density at radius 3 is 3.20 bits per heavy atom. The van der Waals surface area contributed by atoms with Crippen LogP contribution in [0.4, 0.5) is 5.13 Å². The van der Waals surface area contributed by atoms with Crippen molar-refractivity contribution in [2.75, 3.05) is 11.9 Å². The van der Waals surface area contributed by atoms with E-state index in [1.807, 2.05) is 0 Å². The number of thiazole rings is 1. The Balaban J connectivity index is 1.41. The van der Waals surface area contributed by atoms with E-state index in [-0.39, 0.29) is 18.5 Å². The average Bonchev–Trinajstić information content (AvgIpc) is 3.35. The first-order chi connectivity index (χ1) is 12.3. The molecule has 4 heterocycles. The number of hydrogen-bond acceptors (Lipinski definition) is 8. The predicted molar refractivity (Wildman–Crippen MR) is 94.4 cm³/mol. The van der Waals surface area contributed by atoms with Gasteiger partial charge in [0.25, 0.3) is 5.91 Å². The number of aryl methyl sites for hydroxylation is 2. The number of ether oxygens (including phenoxy) is 1. The van der Waals surface area contributed by atoms with E-state index in [1.165, 1.54) is 28.2 Å². The summed E-state index contributed by atoms with van der Waals surface area (Å²) in [6, 6.07) is 0.168. The number of carbonyl (C=O) groups excluding carboxylic acids is 1. The van der Waals surface area contributed by atoms with Gasteiger partial charge in [-0.3, -0.25) is 10.1 Å². The molecule has 126 valence electrons. The summed E-state index contributed by atoms with van der Waals surface area (Å²) in [6.07, 6.45) is 6.60. The summed E-state index contributed by atoms with van der Waals surface area (Å²) < 4.78 is 7.06. The maximum atomic E-state index is 11.9. The van der Waals surface area contributed by atoms with Crippen LogP contribution in [0.5, 0.6) is 6.01 Å². The van der Waals surface area contributed by atoms with Crippen molar-refractivity contribution < 1.29 is 9.53 Å². The third kappa shape index (κ3) is 2.53. The highest BCUT2D eigenvalue weighted by Gasteiger charge is 2.22. The quantitative estimate of drug-likeness (QED) is 0.591. The molecule has 0 aromatic carbocycles. The molecule has 8 nitrogen and oxygen atoms in total. The zero-order chi connectivity index (χ0) is 16.8. The number of hydrogen-bond donors (Lipinski definition) is 1. The molecule has 10 heteroatoms. The first-order valence-electron chi connectivity index (χ1n) is 7.76. The molecule has 1 amide bonds. The van der Waals surface area contributed by atoms with Crippen molar-refractivity contribution in [2.45, 2.75) is 19.3 Å². The van der Waals surface area contributed by atoms with Crippen LogP contribution < -0.4 is 10.1 Å². The number of anilines is 1. The molecular formula is C15H12N6O2S2. The van der Waals surface area contributed by atoms with Gasteiger partial charge in [0, 0.05) is 16.5 Å². The maximum Gasteiger partial charge on any atom is 0.336 e. The van der Waals surface area contributed by atoms with Gasteiger partial charge in [0.05, 0.1) is 5.39 Å². The Hall–Kier alpha value is -2.59. The van der Waals surface area contributed by atoms with Crippen LogP contribution in [-0.4, -0.2) is 37.1 Å². The van der Waals surface area contributed by atoms with Gasteiger partial charge in [-0.15, -0.1) is 27.8 Å². The summed E-state index contributed by atoms with van der Waals surface area (Å²) in [5.74, 6) is -0.298. The Morgan fingerprint density at radius 2 is 2.32 bits per heavy atom. The summed E-state index contributed by atoms with van der Waals surface area (Å²) in [4.78, 5) is 27.2. The number of rotatable bonds is 4. The normalized spacial score (nSPS) is 13.4. The predicted octanol–water partition coefficient (Wildman–Crippen LogP) is 2.30. The van der Waals surface area contributed by atoms with Gasteiger partial charge in [-0.1, -0.05) is 0 Å². The van der Waals surface area contributed by atoms with E-state index in [0.717, 1.165) is 28.7 Å². The largest absolute Gasteiger partial charge is 0.452 e. The summed E-state index contributed by atoms with van der Waals surface area (Å²) in [5, 5.41) is 10.3. The molecule has 0 fully saturated rings. The Bertz CT molecular complexity index is 1080. The van der Waals surface area contributed by atoms with E-state index < -0.39 is 0 Å². The van der Waals surface area contributed by atoms with Crippen LogP contribution in [0.1, 0.15) is 16.9 Å². The van der Waals surface area contributed by atoms with Crippen LogP contribution >= 0.6 is 22.7 Å². The first kappa shape index (κ1) is 14.7. The van der Waals surface area contributed by atoms with E-state index in [4.69, 9.17) is 4.74 Å². The highest BCUT2D eigenvalue weighted by Crippen LogP contribution is 2.38. The lowest BCUT2D eigenvalue weighted by molar-refractivity contribution is -0.118. The number of nitrogens with zero attached hydrogens (tertiary/aromatic N) is 5. The fraction of sp³-hybridized carbons (Fsp3) is 0.267. The minimum atomic E-state index is -0.298. The maximum absolute atomic E-state index is 11.9. The summed E-state index contributed by atoms with van der Waals surface area (Å²) in [5.41, 5.74) is 2.07. The third-order valence-electron chi connectivity index (χ3n) is 4.03. The summed E-state index contributed by atoms with van der Waals surface area (Å²) in [7, 11) is 0. The molecule has 5 rings (SSSR count). The van der Waals surface area contributed by atoms with E-state index in [2.05, 4.69) is 25.4 Å². The molecule has 0 spiro atoms. The fourth-order valence-electron chi connectivity index (χ4n) is 3.00. The topological polar surface area (TPSA) is 94.3 Å². The minimum absolute atomic E-state index is 0.168. The standard InChI is InChI=1S/C15H12N6O2S2/c22-10(18-15-16-4-5-24-15)6-23-14-19-12-11-8-2-1-3-9(8)25-13(11)17-7-21(12)20-14/h4-5,7H,1-3,6H2,(H,16,18,22). The number of aromatic nitrogens is 5. The smallest absolute Gasteiger partial charge is 0.336 e. The first-order valence-corrected chi connectivity index (χ1v) is 9.45. The van der Waals surface area contributed by atoms with Crippen LogP contribution in [-0.2, 0) is 17.6 Å². The van der Waals surface area contributed by atoms with Gasteiger partial charge in [0.2, 0.25) is 0 Å². The molecule has 0 unspecified atom stereocenters. The molecule has 0 radical (unpaired) electrons. The third-order valence-corrected chi connectivity index (χ3v) is 5.92. The number of nitrogens with one attached hydrogen (secondary N) is 1. The molecular weight excluding hydrogens is 360 g/mol. The van der Waals surface area contributed by atoms with Crippen molar-refractivity contribution in [3.05, 3.63) is 28.3 Å². The monoisotopic (exact) mass is 372 g/mol. The van der Waals surface area contributed by atoms with E-state index >= 15 is 0 Å². The lowest BCUT2D eigenvalue weighted by atomic mass is 10.2. The summed E-state index contributed by atoms with van der Waals surface area (Å²) >= 11 is 3.08. The highest BCUT2D eigenvalue weighted by molar-refractivity contribution is 7.19. The zero-order valence-electron chi connectivity index (χ0n) is 12.9. The lowest BCUT2D eigenvalue weighted by Gasteiger charge is -2.00. The summed E-state index contributed by atoms with van der Waals surface area (Å²) in [6.45, 7) is -0.172. The van der Waals surface area contributed by atoms with E-state index in [1.54, 1.807) is 33.8 Å². The van der Waals surface area contributed by atoms with Crippen molar-refractivity contribution >= 4 is 49.6 Å². The minimum Gasteiger partial charge on any atom is -0.452 e. The van der Waals surface area contributed by atoms with Crippen molar-refractivity contribution in [1.82, 2.24) is 24.6 Å². The van der Waals surface area contributed by atoms with Crippen molar-refractivity contribution in [1.29, 1.82) is 0 Å². The van der Waals surface area contributed by atoms with Crippen LogP contribution in [0.25, 0.3) is 15.9 Å². The number of carbonyl (C=O) groups is 1. The van der Waals surface area contributed by atoms with E-state index in [0.29, 0.717) is 5.13 Å². The van der Waals surface area contributed by atoms with Crippen molar-refractivity contribution in [2.24, 2.45) is 0 Å². The Morgan fingerprint density at radius 1 is 1.36 bits per heavy atom. The molecule has 0 saturated carbocycles. The van der Waals surface area contributed by atoms with Gasteiger partial charge in [-0.25, -0.2) is 9.97 Å². The highest BCUT2D eigenvalue weighted by atomic mass is 32.1. The number of amides is 1. The van der Waals surface area contributed by atoms with Crippen LogP contribution in [0.3, 0.4) is 0 Å². The van der Waals surface area contributed by atoms with Crippen molar-refractivity contribution in [3.8, 4) is 6.01 Å². The molecule has 1 aliphatic carbocycles. The van der Waals surface area contributed by atoms with Crippen LogP contribution in [0.2, 0.25) is 0 Å². The lowest BCUT2D eigenvalue weighted by Crippen LogP contribution is -2.20. The van der Waals surface area contributed by atoms with Crippen molar-refractivity contribution in [3.63, 3.8) is 0 Å². The molecule has 0 atom stereocenters. The second-order valence-corrected chi connectivity index (χ2v) is 7.60. The second kappa shape index (κ2) is 5.74. The molecule has 1 N–H and O–H groups in total. The fourth-order valence-corrected chi connectivity index (χ4v) is 4.77. The van der Waals surface area contributed by atoms with Gasteiger partial charge >= 0.3 is 6.01 Å². The average molecular weight is 372 g/mol. The van der Waals surface area contributed by atoms with Gasteiger partial charge in [-0.05, 0) is 24.8 Å². The molecule has 0 bridgehead atoms. The van der Waals surface area contributed by atoms with Gasteiger partial charge in [0.1, 0.15) is 11.2 Å². The Labute approximate surface area is 149 Å². The van der Waals surface area contributed by atoms with E-state index in [9.17, 15) is 4.79 Å². The number of fused-ring (bicyclic) bond motifs is 5. The van der Waals surface area contributed by atoms with Crippen LogP contribution in [0.15, 0.2) is 17.9 Å². The Kier molecular flexibility index (Phi) is 3.38. The number of thiophene rings is 1. The van der Waals surface area contributed by atoms with Gasteiger partial charge in [-0.2, -0.15) is 9.50 Å². The SMILES string of the molecule is O=C(COc1nc2c3c4c(sc3ncn2n1)CCC4)Nc1nccs1. The molecule has 0 saturated heterocycles. The molecule has 4 aromatic heterocycles. The second-order valence-electron chi connectivity index (χ2n) is 5.62. The zero-order valence-corrected chi connectivity index (χ0v) is 14.6. The molecule has 0 aliphatic heterocycles. The van der Waals surface area contributed by atoms with Gasteiger partial charge in [0.15, 0.2) is 17.4 Å². The van der Waals surface area contributed by atoms with Gasteiger partial charge < -0.3 is 4.74 Å².